The van der Waals surface area contributed by atoms with Gasteiger partial charge in [-0.1, -0.05) is 12.1 Å². The molecular weight excluding hydrogens is 294 g/mol. The number of nitrogens with one attached hydrogen (secondary N) is 1. The molecule has 23 heavy (non-hydrogen) atoms. The molecule has 1 aromatic carbocycles. The van der Waals surface area contributed by atoms with Crippen LogP contribution in [0.15, 0.2) is 24.3 Å². The molecule has 3 rings (SSSR count). The van der Waals surface area contributed by atoms with E-state index >= 15 is 0 Å². The van der Waals surface area contributed by atoms with Crippen molar-refractivity contribution in [2.24, 2.45) is 5.92 Å². The van der Waals surface area contributed by atoms with Gasteiger partial charge in [-0.15, -0.1) is 0 Å². The Morgan fingerprint density at radius 2 is 1.83 bits per heavy atom. The molecule has 2 fully saturated rings. The van der Waals surface area contributed by atoms with Gasteiger partial charge in [0.1, 0.15) is 0 Å². The first-order valence-electron chi connectivity index (χ1n) is 8.36. The zero-order valence-electron chi connectivity index (χ0n) is 13.2. The van der Waals surface area contributed by atoms with Crippen LogP contribution < -0.4 is 5.32 Å². The van der Waals surface area contributed by atoms with Gasteiger partial charge in [-0.3, -0.25) is 14.9 Å². The number of nitro benzene ring substituents is 1. The summed E-state index contributed by atoms with van der Waals surface area (Å²) in [5.74, 6) is 0.997. The number of rotatable bonds is 6. The van der Waals surface area contributed by atoms with Crippen LogP contribution in [-0.4, -0.2) is 41.4 Å². The smallest absolute Gasteiger partial charge is 0.269 e. The van der Waals surface area contributed by atoms with Crippen LogP contribution in [0, 0.1) is 16.0 Å². The van der Waals surface area contributed by atoms with E-state index in [1.807, 2.05) is 4.90 Å². The van der Waals surface area contributed by atoms with E-state index in [0.29, 0.717) is 12.5 Å². The second-order valence-electron chi connectivity index (χ2n) is 6.61. The predicted octanol–water partition coefficient (Wildman–Crippen LogP) is 2.13. The highest BCUT2D eigenvalue weighted by atomic mass is 16.6. The molecule has 124 valence electrons. The van der Waals surface area contributed by atoms with Gasteiger partial charge < -0.3 is 10.2 Å². The Labute approximate surface area is 136 Å². The Morgan fingerprint density at radius 1 is 1.17 bits per heavy atom. The Kier molecular flexibility index (Phi) is 4.91. The Hall–Kier alpha value is -1.95. The molecule has 1 aliphatic heterocycles. The summed E-state index contributed by atoms with van der Waals surface area (Å²) in [7, 11) is 0. The number of non-ortho nitro benzene ring substituents is 1. The number of hydrogen-bond donors (Lipinski definition) is 1. The summed E-state index contributed by atoms with van der Waals surface area (Å²) in [5, 5.41) is 14.2. The summed E-state index contributed by atoms with van der Waals surface area (Å²) in [6.07, 6.45) is 5.06. The molecule has 0 aromatic heterocycles. The largest absolute Gasteiger partial charge is 0.342 e. The van der Waals surface area contributed by atoms with Gasteiger partial charge in [0.25, 0.3) is 5.69 Å². The van der Waals surface area contributed by atoms with Crippen LogP contribution in [0.5, 0.6) is 0 Å². The van der Waals surface area contributed by atoms with Crippen LogP contribution in [0.1, 0.15) is 31.2 Å². The van der Waals surface area contributed by atoms with Gasteiger partial charge in [-0.25, -0.2) is 0 Å². The van der Waals surface area contributed by atoms with Crippen molar-refractivity contribution in [2.75, 3.05) is 19.6 Å². The van der Waals surface area contributed by atoms with E-state index in [4.69, 9.17) is 0 Å². The third-order valence-electron chi connectivity index (χ3n) is 4.74. The highest BCUT2D eigenvalue weighted by molar-refractivity contribution is 5.79. The molecular formula is C17H23N3O3. The molecule has 1 amide bonds. The molecule has 0 radical (unpaired) electrons. The first-order valence-corrected chi connectivity index (χ1v) is 8.36. The van der Waals surface area contributed by atoms with Crippen LogP contribution in [0.4, 0.5) is 5.69 Å². The number of likely N-dealkylation sites (tertiary alicyclic amines) is 1. The maximum Gasteiger partial charge on any atom is 0.269 e. The number of amides is 1. The lowest BCUT2D eigenvalue weighted by molar-refractivity contribution is -0.384. The molecule has 1 aromatic rings. The van der Waals surface area contributed by atoms with Gasteiger partial charge in [-0.05, 0) is 43.7 Å². The van der Waals surface area contributed by atoms with Crippen molar-refractivity contribution >= 4 is 11.6 Å². The maximum atomic E-state index is 12.3. The second kappa shape index (κ2) is 7.08. The molecule has 2 aliphatic rings. The molecule has 6 nitrogen and oxygen atoms in total. The van der Waals surface area contributed by atoms with E-state index in [2.05, 4.69) is 5.32 Å². The number of carbonyl (C=O) groups is 1. The molecule has 0 atom stereocenters. The summed E-state index contributed by atoms with van der Waals surface area (Å²) in [5.41, 5.74) is 0.887. The fraction of sp³-hybridized carbons (Fsp3) is 0.588. The van der Waals surface area contributed by atoms with Crippen LogP contribution in [0.25, 0.3) is 0 Å². The predicted molar refractivity (Wildman–Crippen MR) is 87.1 cm³/mol. The zero-order chi connectivity index (χ0) is 16.2. The van der Waals surface area contributed by atoms with Gasteiger partial charge in [0.05, 0.1) is 11.3 Å². The summed E-state index contributed by atoms with van der Waals surface area (Å²) in [4.78, 5) is 24.5. The lowest BCUT2D eigenvalue weighted by Gasteiger charge is -2.32. The van der Waals surface area contributed by atoms with Crippen molar-refractivity contribution < 1.29 is 9.72 Å². The van der Waals surface area contributed by atoms with E-state index in [0.717, 1.165) is 44.0 Å². The molecule has 0 spiro atoms. The number of hydrogen-bond acceptors (Lipinski definition) is 4. The number of benzene rings is 1. The number of piperidine rings is 1. The molecule has 1 heterocycles. The van der Waals surface area contributed by atoms with Crippen molar-refractivity contribution in [1.82, 2.24) is 10.2 Å². The molecule has 6 heteroatoms. The van der Waals surface area contributed by atoms with Crippen LogP contribution in [0.2, 0.25) is 0 Å². The monoisotopic (exact) mass is 317 g/mol. The third kappa shape index (κ3) is 4.51. The minimum atomic E-state index is -0.426. The van der Waals surface area contributed by atoms with Gasteiger partial charge in [0.2, 0.25) is 5.91 Å². The fourth-order valence-electron chi connectivity index (χ4n) is 3.01. The van der Waals surface area contributed by atoms with Gasteiger partial charge >= 0.3 is 0 Å². The van der Waals surface area contributed by atoms with Gasteiger partial charge in [0.15, 0.2) is 0 Å². The summed E-state index contributed by atoms with van der Waals surface area (Å²) in [6, 6.07) is 6.78. The van der Waals surface area contributed by atoms with Crippen LogP contribution >= 0.6 is 0 Å². The minimum Gasteiger partial charge on any atom is -0.342 e. The Morgan fingerprint density at radius 3 is 2.39 bits per heavy atom. The summed E-state index contributed by atoms with van der Waals surface area (Å²) in [6.45, 7) is 2.73. The molecule has 1 aliphatic carbocycles. The molecule has 0 bridgehead atoms. The van der Waals surface area contributed by atoms with E-state index in [-0.39, 0.29) is 11.6 Å². The number of nitro groups is 1. The first-order chi connectivity index (χ1) is 11.1. The average Bonchev–Trinajstić information content (AvgIpc) is 3.38. The second-order valence-corrected chi connectivity index (χ2v) is 6.61. The van der Waals surface area contributed by atoms with Gasteiger partial charge in [-0.2, -0.15) is 0 Å². The lowest BCUT2D eigenvalue weighted by atomic mass is 10.0. The number of carbonyl (C=O) groups excluding carboxylic acids is 1. The topological polar surface area (TPSA) is 75.5 Å². The van der Waals surface area contributed by atoms with E-state index in [9.17, 15) is 14.9 Å². The van der Waals surface area contributed by atoms with Crippen molar-refractivity contribution in [3.8, 4) is 0 Å². The highest BCUT2D eigenvalue weighted by Crippen LogP contribution is 2.28. The van der Waals surface area contributed by atoms with Crippen molar-refractivity contribution in [3.63, 3.8) is 0 Å². The quantitative estimate of drug-likeness (QED) is 0.644. The van der Waals surface area contributed by atoms with Crippen LogP contribution in [-0.2, 0) is 11.2 Å². The third-order valence-corrected chi connectivity index (χ3v) is 4.74. The Balaban J connectivity index is 1.44. The lowest BCUT2D eigenvalue weighted by Crippen LogP contribution is -2.45. The number of nitrogens with zero attached hydrogens (tertiary/aromatic N) is 2. The zero-order valence-corrected chi connectivity index (χ0v) is 13.2. The SMILES string of the molecule is O=C(Cc1ccc([N+](=O)[O-])cc1)N1CCC(NCC2CC2)CC1. The molecule has 1 saturated carbocycles. The Bertz CT molecular complexity index is 561. The summed E-state index contributed by atoms with van der Waals surface area (Å²) < 4.78 is 0. The molecule has 1 saturated heterocycles. The molecule has 0 unspecified atom stereocenters. The van der Waals surface area contributed by atoms with Crippen LogP contribution in [0.3, 0.4) is 0 Å². The van der Waals surface area contributed by atoms with E-state index in [1.165, 1.54) is 25.0 Å². The van der Waals surface area contributed by atoms with E-state index in [1.54, 1.807) is 12.1 Å². The normalized spacial score (nSPS) is 18.9. The van der Waals surface area contributed by atoms with Crippen molar-refractivity contribution in [1.29, 1.82) is 0 Å². The summed E-state index contributed by atoms with van der Waals surface area (Å²) >= 11 is 0. The van der Waals surface area contributed by atoms with Crippen molar-refractivity contribution in [2.45, 2.75) is 38.1 Å². The van der Waals surface area contributed by atoms with Gasteiger partial charge in [0, 0.05) is 31.3 Å². The van der Waals surface area contributed by atoms with Crippen molar-refractivity contribution in [3.05, 3.63) is 39.9 Å². The first kappa shape index (κ1) is 15.9. The highest BCUT2D eigenvalue weighted by Gasteiger charge is 2.25. The molecule has 1 N–H and O–H groups in total. The van der Waals surface area contributed by atoms with E-state index < -0.39 is 4.92 Å². The maximum absolute atomic E-state index is 12.3. The standard InChI is InChI=1S/C17H23N3O3/c21-17(11-13-3-5-16(6-4-13)20(22)23)19-9-7-15(8-10-19)18-12-14-1-2-14/h3-6,14-15,18H,1-2,7-12H2. The average molecular weight is 317 g/mol. The minimum absolute atomic E-state index is 0.0590. The fourth-order valence-corrected chi connectivity index (χ4v) is 3.01.